The van der Waals surface area contributed by atoms with E-state index in [1.807, 2.05) is 0 Å². The molecule has 2 atom stereocenters. The predicted octanol–water partition coefficient (Wildman–Crippen LogP) is 3.33. The molecule has 0 aromatic heterocycles. The number of rotatable bonds is 6. The molecule has 0 aromatic rings. The van der Waals surface area contributed by atoms with E-state index >= 15 is 0 Å². The largest absolute Gasteiger partial charge is 0.378 e. The second-order valence-electron chi connectivity index (χ2n) is 4.34. The molecule has 0 bridgehead atoms. The molecule has 14 heavy (non-hydrogen) atoms. The molecule has 0 saturated heterocycles. The lowest BCUT2D eigenvalue weighted by molar-refractivity contribution is -0.0381. The van der Waals surface area contributed by atoms with Crippen LogP contribution in [0.5, 0.6) is 0 Å². The van der Waals surface area contributed by atoms with E-state index in [4.69, 9.17) is 4.74 Å². The molecule has 2 heteroatoms. The van der Waals surface area contributed by atoms with Crippen LogP contribution in [0, 0.1) is 0 Å². The molecule has 0 spiro atoms. The summed E-state index contributed by atoms with van der Waals surface area (Å²) in [6, 6.07) is 0. The fraction of sp³-hybridized carbons (Fsp3) is 1.00. The van der Waals surface area contributed by atoms with Crippen LogP contribution >= 0.6 is 0 Å². The van der Waals surface area contributed by atoms with Gasteiger partial charge < -0.3 is 4.74 Å². The minimum atomic E-state index is -0.357. The summed E-state index contributed by atoms with van der Waals surface area (Å²) in [7, 11) is 0. The fourth-order valence-corrected chi connectivity index (χ4v) is 2.03. The quantitative estimate of drug-likeness (QED) is 0.603. The van der Waals surface area contributed by atoms with Crippen LogP contribution < -0.4 is 0 Å². The number of hydrogen-bond acceptors (Lipinski definition) is 1. The van der Waals surface area contributed by atoms with Gasteiger partial charge in [-0.3, -0.25) is 0 Å². The highest BCUT2D eigenvalue weighted by atomic mass is 16.5. The Balaban J connectivity index is 1.95. The maximum Gasteiger partial charge on any atom is 0.0954 e. The molecular weight excluding hydrogens is 176 g/mol. The van der Waals surface area contributed by atoms with Crippen LogP contribution in [0.1, 0.15) is 58.3 Å². The number of hydrogen-bond donors (Lipinski definition) is 0. The SMILES string of the molecule is CCCCCCOC1CCCC([O])C1. The van der Waals surface area contributed by atoms with Gasteiger partial charge in [0.1, 0.15) is 0 Å². The summed E-state index contributed by atoms with van der Waals surface area (Å²) in [5.41, 5.74) is 0. The summed E-state index contributed by atoms with van der Waals surface area (Å²) in [6.45, 7) is 3.07. The van der Waals surface area contributed by atoms with Crippen molar-refractivity contribution in [3.05, 3.63) is 0 Å². The summed E-state index contributed by atoms with van der Waals surface area (Å²) in [5.74, 6) is 0. The zero-order chi connectivity index (χ0) is 10.2. The van der Waals surface area contributed by atoms with E-state index in [1.165, 1.54) is 19.3 Å². The van der Waals surface area contributed by atoms with Crippen molar-refractivity contribution in [1.29, 1.82) is 0 Å². The molecule has 0 aliphatic heterocycles. The maximum atomic E-state index is 11.2. The molecule has 2 nitrogen and oxygen atoms in total. The lowest BCUT2D eigenvalue weighted by Gasteiger charge is -2.24. The average molecular weight is 199 g/mol. The van der Waals surface area contributed by atoms with Crippen LogP contribution in [0.4, 0.5) is 0 Å². The summed E-state index contributed by atoms with van der Waals surface area (Å²) in [5, 5.41) is 11.2. The topological polar surface area (TPSA) is 29.1 Å². The van der Waals surface area contributed by atoms with Crippen molar-refractivity contribution < 1.29 is 9.84 Å². The van der Waals surface area contributed by atoms with E-state index in [2.05, 4.69) is 6.92 Å². The van der Waals surface area contributed by atoms with Gasteiger partial charge in [-0.15, -0.1) is 0 Å². The predicted molar refractivity (Wildman–Crippen MR) is 56.8 cm³/mol. The van der Waals surface area contributed by atoms with Gasteiger partial charge in [-0.25, -0.2) is 5.11 Å². The molecule has 1 rings (SSSR count). The highest BCUT2D eigenvalue weighted by Gasteiger charge is 2.21. The van der Waals surface area contributed by atoms with Gasteiger partial charge in [0.05, 0.1) is 12.2 Å². The normalized spacial score (nSPS) is 27.9. The molecule has 1 saturated carbocycles. The molecule has 0 amide bonds. The summed E-state index contributed by atoms with van der Waals surface area (Å²) in [6.07, 6.45) is 8.68. The molecular formula is C12H23O2. The zero-order valence-electron chi connectivity index (χ0n) is 9.34. The van der Waals surface area contributed by atoms with Crippen LogP contribution in [-0.2, 0) is 9.84 Å². The van der Waals surface area contributed by atoms with Crippen molar-refractivity contribution in [2.24, 2.45) is 0 Å². The Hall–Kier alpha value is -0.0800. The van der Waals surface area contributed by atoms with Gasteiger partial charge in [-0.2, -0.15) is 0 Å². The monoisotopic (exact) mass is 199 g/mol. The Morgan fingerprint density at radius 1 is 1.21 bits per heavy atom. The third-order valence-electron chi connectivity index (χ3n) is 2.93. The molecule has 1 radical (unpaired) electrons. The van der Waals surface area contributed by atoms with E-state index in [-0.39, 0.29) is 12.2 Å². The Bertz CT molecular complexity index is 136. The van der Waals surface area contributed by atoms with Crippen molar-refractivity contribution in [2.45, 2.75) is 70.5 Å². The van der Waals surface area contributed by atoms with Crippen LogP contribution in [0.15, 0.2) is 0 Å². The lowest BCUT2D eigenvalue weighted by Crippen LogP contribution is -2.25. The van der Waals surface area contributed by atoms with E-state index in [9.17, 15) is 5.11 Å². The van der Waals surface area contributed by atoms with Crippen molar-refractivity contribution in [2.75, 3.05) is 6.61 Å². The van der Waals surface area contributed by atoms with Gasteiger partial charge in [-0.05, 0) is 25.7 Å². The summed E-state index contributed by atoms with van der Waals surface area (Å²) >= 11 is 0. The first-order valence-corrected chi connectivity index (χ1v) is 6.10. The fourth-order valence-electron chi connectivity index (χ4n) is 2.03. The van der Waals surface area contributed by atoms with Gasteiger partial charge in [-0.1, -0.05) is 26.2 Å². The zero-order valence-corrected chi connectivity index (χ0v) is 9.34. The van der Waals surface area contributed by atoms with Gasteiger partial charge in [0.2, 0.25) is 0 Å². The Morgan fingerprint density at radius 3 is 2.79 bits per heavy atom. The average Bonchev–Trinajstić information content (AvgIpc) is 2.18. The van der Waals surface area contributed by atoms with Gasteiger partial charge in [0, 0.05) is 13.0 Å². The first kappa shape index (κ1) is 12.0. The second-order valence-corrected chi connectivity index (χ2v) is 4.34. The van der Waals surface area contributed by atoms with Gasteiger partial charge in [0.25, 0.3) is 0 Å². The first-order chi connectivity index (χ1) is 6.83. The van der Waals surface area contributed by atoms with Crippen molar-refractivity contribution in [3.8, 4) is 0 Å². The van der Waals surface area contributed by atoms with Crippen LogP contribution in [0.25, 0.3) is 0 Å². The van der Waals surface area contributed by atoms with Crippen LogP contribution in [0.2, 0.25) is 0 Å². The number of unbranched alkanes of at least 4 members (excludes halogenated alkanes) is 3. The van der Waals surface area contributed by atoms with E-state index in [0.29, 0.717) is 0 Å². The third kappa shape index (κ3) is 4.97. The third-order valence-corrected chi connectivity index (χ3v) is 2.93. The Labute approximate surface area is 87.7 Å². The second kappa shape index (κ2) is 7.24. The Kier molecular flexibility index (Phi) is 6.20. The minimum Gasteiger partial charge on any atom is -0.378 e. The van der Waals surface area contributed by atoms with Crippen molar-refractivity contribution >= 4 is 0 Å². The molecule has 0 aromatic carbocycles. The maximum absolute atomic E-state index is 11.2. The van der Waals surface area contributed by atoms with Crippen LogP contribution in [0.3, 0.4) is 0 Å². The molecule has 2 unspecified atom stereocenters. The molecule has 1 fully saturated rings. The molecule has 0 N–H and O–H groups in total. The summed E-state index contributed by atoms with van der Waals surface area (Å²) < 4.78 is 5.70. The van der Waals surface area contributed by atoms with Gasteiger partial charge in [0.15, 0.2) is 0 Å². The molecule has 83 valence electrons. The Morgan fingerprint density at radius 2 is 2.07 bits per heavy atom. The highest BCUT2D eigenvalue weighted by molar-refractivity contribution is 4.71. The molecule has 1 aliphatic carbocycles. The molecule has 1 aliphatic rings. The van der Waals surface area contributed by atoms with Crippen molar-refractivity contribution in [1.82, 2.24) is 0 Å². The van der Waals surface area contributed by atoms with E-state index in [1.54, 1.807) is 0 Å². The standard InChI is InChI=1S/C12H23O2/c1-2-3-4-5-9-14-12-8-6-7-11(13)10-12/h11-12H,2-10H2,1H3. The molecule has 0 heterocycles. The van der Waals surface area contributed by atoms with Gasteiger partial charge >= 0.3 is 0 Å². The van der Waals surface area contributed by atoms with E-state index in [0.717, 1.165) is 38.7 Å². The highest BCUT2D eigenvalue weighted by Crippen LogP contribution is 2.21. The van der Waals surface area contributed by atoms with Crippen LogP contribution in [-0.4, -0.2) is 18.8 Å². The summed E-state index contributed by atoms with van der Waals surface area (Å²) in [4.78, 5) is 0. The smallest absolute Gasteiger partial charge is 0.0954 e. The van der Waals surface area contributed by atoms with E-state index < -0.39 is 0 Å². The number of ether oxygens (including phenoxy) is 1. The first-order valence-electron chi connectivity index (χ1n) is 6.10. The van der Waals surface area contributed by atoms with Crippen molar-refractivity contribution in [3.63, 3.8) is 0 Å². The minimum absolute atomic E-state index is 0.271. The lowest BCUT2D eigenvalue weighted by atomic mass is 9.95.